The van der Waals surface area contributed by atoms with E-state index in [1.807, 2.05) is 0 Å². The molecule has 5 heavy (non-hydrogen) atoms. The first kappa shape index (κ1) is 9.03. The van der Waals surface area contributed by atoms with E-state index in [0.29, 0.717) is 0 Å². The minimum Gasteiger partial charge on any atom is -0.274 e. The Hall–Kier alpha value is 0.360. The van der Waals surface area contributed by atoms with Crippen LogP contribution in [-0.4, -0.2) is 4.70 Å². The van der Waals surface area contributed by atoms with Crippen LogP contribution in [-0.2, 0) is 0 Å². The van der Waals surface area contributed by atoms with Crippen LogP contribution >= 0.6 is 24.8 Å². The van der Waals surface area contributed by atoms with Crippen LogP contribution in [0.4, 0.5) is 0 Å². The largest absolute Gasteiger partial charge is 0.274 e. The molecule has 0 unspecified atom stereocenters. The molecule has 0 fully saturated rings. The number of hydrogen-bond donors (Lipinski definition) is 3. The number of hydrazine groups is 1. The van der Waals surface area contributed by atoms with Gasteiger partial charge in [-0.2, -0.15) is 0 Å². The lowest BCUT2D eigenvalue weighted by Crippen LogP contribution is -2.02. The highest BCUT2D eigenvalue weighted by Crippen LogP contribution is 1.50. The van der Waals surface area contributed by atoms with E-state index in [-0.39, 0.29) is 0 Å². The third-order valence-corrected chi connectivity index (χ3v) is 0. The Labute approximate surface area is 41.9 Å². The molecule has 0 aliphatic rings. The van der Waals surface area contributed by atoms with Gasteiger partial charge in [0, 0.05) is 4.70 Å². The highest BCUT2D eigenvalue weighted by molar-refractivity contribution is 8.08. The maximum absolute atomic E-state index is 4.13. The highest BCUT2D eigenvalue weighted by Gasteiger charge is 1.18. The molecule has 0 aromatic rings. The number of thiocarbonyl (C=S) groups is 1. The van der Waals surface area contributed by atoms with E-state index in [1.54, 1.807) is 0 Å². The normalized spacial score (nSPS) is 3.80. The zero-order chi connectivity index (χ0) is 4.71. The maximum Gasteiger partial charge on any atom is 0.0310 e. The molecule has 0 aliphatic carbocycles. The summed E-state index contributed by atoms with van der Waals surface area (Å²) in [5.41, 5.74) is 0. The second kappa shape index (κ2) is 26.6. The van der Waals surface area contributed by atoms with Crippen LogP contribution < -0.4 is 11.7 Å². The molecule has 0 spiro atoms. The van der Waals surface area contributed by atoms with Crippen molar-refractivity contribution >= 4 is 29.5 Å². The fourth-order valence-corrected chi connectivity index (χ4v) is 0. The second-order valence-electron chi connectivity index (χ2n) is 0.105. The summed E-state index contributed by atoms with van der Waals surface area (Å²) in [7, 11) is 0. The van der Waals surface area contributed by atoms with E-state index in [0.717, 1.165) is 0 Å². The minimum atomic E-state index is 1.28. The Morgan fingerprint density at radius 3 is 1.60 bits per heavy atom. The Bertz CT molecular complexity index is 15.1. The van der Waals surface area contributed by atoms with Crippen molar-refractivity contribution < 1.29 is 0 Å². The van der Waals surface area contributed by atoms with E-state index in [1.165, 1.54) is 4.70 Å². The summed E-state index contributed by atoms with van der Waals surface area (Å²) >= 11 is 7.61. The van der Waals surface area contributed by atoms with Gasteiger partial charge in [0.05, 0.1) is 0 Å². The predicted octanol–water partition coefficient (Wildman–Crippen LogP) is -0.308. The topological polar surface area (TPSA) is 52.0 Å². The van der Waals surface area contributed by atoms with Crippen LogP contribution in [0.3, 0.4) is 0 Å². The molecule has 0 saturated heterocycles. The van der Waals surface area contributed by atoms with Gasteiger partial charge in [0.15, 0.2) is 0 Å². The lowest BCUT2D eigenvalue weighted by atomic mass is 11.9. The number of thiol groups is 1. The first-order valence-electron chi connectivity index (χ1n) is 0.827. The molecule has 0 atom stereocenters. The Morgan fingerprint density at radius 1 is 1.60 bits per heavy atom. The van der Waals surface area contributed by atoms with Gasteiger partial charge in [0.1, 0.15) is 0 Å². The van der Waals surface area contributed by atoms with Crippen LogP contribution in [0.25, 0.3) is 0 Å². The van der Waals surface area contributed by atoms with Gasteiger partial charge < -0.3 is 0 Å². The highest BCUT2D eigenvalue weighted by atomic mass is 32.1. The van der Waals surface area contributed by atoms with Gasteiger partial charge in [0.25, 0.3) is 0 Å². The fraction of sp³-hybridized carbons (Fsp3) is 0. The van der Waals surface area contributed by atoms with E-state index in [4.69, 9.17) is 0 Å². The molecule has 4 heteroatoms. The predicted molar refractivity (Wildman–Crippen MR) is 31.0 cm³/mol. The van der Waals surface area contributed by atoms with Crippen molar-refractivity contribution in [3.05, 3.63) is 0 Å². The molecule has 0 rings (SSSR count). The molecule has 0 radical (unpaired) electrons. The summed E-state index contributed by atoms with van der Waals surface area (Å²) in [6.07, 6.45) is 0. The molecule has 0 aromatic carbocycles. The minimum absolute atomic E-state index is 1.28. The third kappa shape index (κ3) is 187. The van der Waals surface area contributed by atoms with Crippen molar-refractivity contribution in [1.29, 1.82) is 0 Å². The molecular weight excluding hydrogens is 104 g/mol. The molecule has 2 nitrogen and oxygen atoms in total. The Morgan fingerprint density at radius 2 is 1.60 bits per heavy atom. The lowest BCUT2D eigenvalue weighted by Gasteiger charge is -1.27. The van der Waals surface area contributed by atoms with Gasteiger partial charge >= 0.3 is 0 Å². The second-order valence-corrected chi connectivity index (χ2v) is 0.949. The SMILES string of the molecule is NN.S=CS. The van der Waals surface area contributed by atoms with Crippen LogP contribution in [0.15, 0.2) is 0 Å². The van der Waals surface area contributed by atoms with Crippen molar-refractivity contribution in [2.24, 2.45) is 11.7 Å². The van der Waals surface area contributed by atoms with Crippen molar-refractivity contribution in [2.45, 2.75) is 0 Å². The molecule has 0 aromatic heterocycles. The van der Waals surface area contributed by atoms with Gasteiger partial charge in [-0.05, 0) is 0 Å². The van der Waals surface area contributed by atoms with Gasteiger partial charge in [-0.1, -0.05) is 12.2 Å². The molecule has 0 heterocycles. The molecule has 0 saturated carbocycles. The van der Waals surface area contributed by atoms with E-state index in [2.05, 4.69) is 36.5 Å². The average molecular weight is 110 g/mol. The Kier molecular flexibility index (Phi) is 48.0. The van der Waals surface area contributed by atoms with Crippen molar-refractivity contribution in [2.75, 3.05) is 0 Å². The summed E-state index contributed by atoms with van der Waals surface area (Å²) < 4.78 is 1.28. The molecule has 0 aliphatic heterocycles. The molecule has 4 N–H and O–H groups in total. The molecular formula is CH6N2S2. The summed E-state index contributed by atoms with van der Waals surface area (Å²) in [6.45, 7) is 0. The number of hydrogen-bond acceptors (Lipinski definition) is 3. The van der Waals surface area contributed by atoms with Crippen LogP contribution in [0.1, 0.15) is 0 Å². The zero-order valence-electron chi connectivity index (χ0n) is 2.59. The number of nitrogens with two attached hydrogens (primary N) is 2. The summed E-state index contributed by atoms with van der Waals surface area (Å²) in [5, 5.41) is 0. The average Bonchev–Trinajstić information content (AvgIpc) is 1.46. The molecule has 0 amide bonds. The third-order valence-electron chi connectivity index (χ3n) is 0. The molecule has 32 valence electrons. The van der Waals surface area contributed by atoms with E-state index in [9.17, 15) is 0 Å². The van der Waals surface area contributed by atoms with E-state index >= 15 is 0 Å². The van der Waals surface area contributed by atoms with Crippen molar-refractivity contribution in [3.8, 4) is 0 Å². The van der Waals surface area contributed by atoms with Crippen molar-refractivity contribution in [3.63, 3.8) is 0 Å². The smallest absolute Gasteiger partial charge is 0.0310 e. The monoisotopic (exact) mass is 110 g/mol. The van der Waals surface area contributed by atoms with Gasteiger partial charge in [-0.3, -0.25) is 11.7 Å². The maximum atomic E-state index is 4.13. The number of rotatable bonds is 0. The molecule has 0 bridgehead atoms. The van der Waals surface area contributed by atoms with Gasteiger partial charge in [-0.15, -0.1) is 12.6 Å². The Balaban J connectivity index is 0. The summed E-state index contributed by atoms with van der Waals surface area (Å²) in [6, 6.07) is 0. The van der Waals surface area contributed by atoms with Gasteiger partial charge in [-0.25, -0.2) is 0 Å². The quantitative estimate of drug-likeness (QED) is 0.173. The van der Waals surface area contributed by atoms with Crippen LogP contribution in [0.2, 0.25) is 0 Å². The standard InChI is InChI=1S/CH2S2.H4N2/c2-1-3;1-2/h1H,(H,2,3);1-2H2. The van der Waals surface area contributed by atoms with Crippen molar-refractivity contribution in [1.82, 2.24) is 0 Å². The van der Waals surface area contributed by atoms with E-state index < -0.39 is 0 Å². The zero-order valence-corrected chi connectivity index (χ0v) is 4.30. The first-order valence-corrected chi connectivity index (χ1v) is 1.82. The van der Waals surface area contributed by atoms with Crippen LogP contribution in [0, 0.1) is 0 Å². The fourth-order valence-electron chi connectivity index (χ4n) is 0. The lowest BCUT2D eigenvalue weighted by molar-refractivity contribution is 1.26. The first-order chi connectivity index (χ1) is 2.41. The van der Waals surface area contributed by atoms with Crippen LogP contribution in [0.5, 0.6) is 0 Å². The summed E-state index contributed by atoms with van der Waals surface area (Å²) in [5.74, 6) is 8.00. The summed E-state index contributed by atoms with van der Waals surface area (Å²) in [4.78, 5) is 0. The van der Waals surface area contributed by atoms with Gasteiger partial charge in [0.2, 0.25) is 0 Å².